The van der Waals surface area contributed by atoms with E-state index in [1.807, 2.05) is 43.3 Å². The summed E-state index contributed by atoms with van der Waals surface area (Å²) in [5.74, 6) is 1.33. The Labute approximate surface area is 194 Å². The summed E-state index contributed by atoms with van der Waals surface area (Å²) < 4.78 is 12.6. The van der Waals surface area contributed by atoms with Gasteiger partial charge in [0.05, 0.1) is 21.8 Å². The number of nitrogens with one attached hydrogen (secondary N) is 1. The van der Waals surface area contributed by atoms with Crippen LogP contribution in [0.15, 0.2) is 59.1 Å². The summed E-state index contributed by atoms with van der Waals surface area (Å²) in [6, 6.07) is 16.8. The molecule has 152 valence electrons. The molecular weight excluding hydrogens is 497 g/mol. The zero-order valence-electron chi connectivity index (χ0n) is 15.6. The lowest BCUT2D eigenvalue weighted by atomic mass is 10.2. The molecule has 0 saturated carbocycles. The minimum atomic E-state index is 0.408. The molecule has 3 aromatic rings. The van der Waals surface area contributed by atoms with Crippen LogP contribution in [0.5, 0.6) is 11.5 Å². The Balaban J connectivity index is 1.76. The first kappa shape index (κ1) is 22.1. The van der Waals surface area contributed by atoms with Gasteiger partial charge in [-0.25, -0.2) is 0 Å². The number of hydrogen-bond donors (Lipinski definition) is 1. The van der Waals surface area contributed by atoms with Crippen LogP contribution in [0.4, 0.5) is 5.69 Å². The molecule has 0 atom stereocenters. The summed E-state index contributed by atoms with van der Waals surface area (Å²) in [5.41, 5.74) is 2.80. The van der Waals surface area contributed by atoms with E-state index < -0.39 is 0 Å². The number of anilines is 1. The van der Waals surface area contributed by atoms with Crippen LogP contribution in [0, 0.1) is 0 Å². The van der Waals surface area contributed by atoms with Crippen molar-refractivity contribution < 1.29 is 9.47 Å². The van der Waals surface area contributed by atoms with Crippen molar-refractivity contribution in [3.63, 3.8) is 0 Å². The Bertz CT molecular complexity index is 981. The molecular formula is C22H19BrCl3NO2. The van der Waals surface area contributed by atoms with Gasteiger partial charge >= 0.3 is 0 Å². The van der Waals surface area contributed by atoms with Crippen molar-refractivity contribution in [2.45, 2.75) is 20.1 Å². The van der Waals surface area contributed by atoms with Crippen LogP contribution in [0.3, 0.4) is 0 Å². The molecule has 0 aromatic heterocycles. The van der Waals surface area contributed by atoms with Gasteiger partial charge in [-0.1, -0.05) is 46.9 Å². The Kier molecular flexibility index (Phi) is 7.96. The van der Waals surface area contributed by atoms with E-state index in [1.165, 1.54) is 0 Å². The summed E-state index contributed by atoms with van der Waals surface area (Å²) in [5, 5.41) is 5.24. The highest BCUT2D eigenvalue weighted by molar-refractivity contribution is 9.10. The highest BCUT2D eigenvalue weighted by Crippen LogP contribution is 2.38. The summed E-state index contributed by atoms with van der Waals surface area (Å²) in [7, 11) is 0. The van der Waals surface area contributed by atoms with Crippen LogP contribution in [0.2, 0.25) is 15.1 Å². The van der Waals surface area contributed by atoms with Gasteiger partial charge in [0.1, 0.15) is 6.61 Å². The fraction of sp³-hybridized carbons (Fsp3) is 0.182. The molecule has 0 radical (unpaired) electrons. The van der Waals surface area contributed by atoms with Crippen LogP contribution in [0.25, 0.3) is 0 Å². The number of hydrogen-bond acceptors (Lipinski definition) is 3. The molecule has 0 heterocycles. The fourth-order valence-corrected chi connectivity index (χ4v) is 3.78. The molecule has 0 aliphatic rings. The predicted octanol–water partition coefficient (Wildman–Crippen LogP) is 8.00. The van der Waals surface area contributed by atoms with Crippen LogP contribution in [-0.4, -0.2) is 6.61 Å². The maximum absolute atomic E-state index is 6.23. The SMILES string of the molecule is CCOc1cc(CNc2cc(Cl)ccc2Cl)cc(Br)c1OCc1ccc(Cl)cc1. The van der Waals surface area contributed by atoms with Gasteiger partial charge in [-0.15, -0.1) is 0 Å². The Morgan fingerprint density at radius 3 is 2.31 bits per heavy atom. The second-order valence-electron chi connectivity index (χ2n) is 6.23. The van der Waals surface area contributed by atoms with Crippen molar-refractivity contribution in [1.82, 2.24) is 0 Å². The van der Waals surface area contributed by atoms with E-state index in [1.54, 1.807) is 18.2 Å². The maximum Gasteiger partial charge on any atom is 0.175 e. The van der Waals surface area contributed by atoms with Gasteiger partial charge in [-0.05, 0) is 76.4 Å². The second-order valence-corrected chi connectivity index (χ2v) is 8.37. The number of rotatable bonds is 8. The molecule has 0 fully saturated rings. The third-order valence-corrected chi connectivity index (χ3v) is 5.48. The van der Waals surface area contributed by atoms with Crippen molar-refractivity contribution in [3.8, 4) is 11.5 Å². The van der Waals surface area contributed by atoms with Gasteiger partial charge in [-0.2, -0.15) is 0 Å². The van der Waals surface area contributed by atoms with Crippen LogP contribution >= 0.6 is 50.7 Å². The Morgan fingerprint density at radius 1 is 0.862 bits per heavy atom. The fourth-order valence-electron chi connectivity index (χ4n) is 2.69. The Hall–Kier alpha value is -1.59. The molecule has 0 amide bonds. The van der Waals surface area contributed by atoms with Gasteiger partial charge in [0.25, 0.3) is 0 Å². The minimum Gasteiger partial charge on any atom is -0.490 e. The largest absolute Gasteiger partial charge is 0.490 e. The van der Waals surface area contributed by atoms with Crippen LogP contribution in [0.1, 0.15) is 18.1 Å². The summed E-state index contributed by atoms with van der Waals surface area (Å²) in [4.78, 5) is 0. The molecule has 3 nitrogen and oxygen atoms in total. The van der Waals surface area contributed by atoms with E-state index in [9.17, 15) is 0 Å². The first-order valence-electron chi connectivity index (χ1n) is 8.97. The average molecular weight is 516 g/mol. The molecule has 3 aromatic carbocycles. The van der Waals surface area contributed by atoms with Gasteiger partial charge in [0.2, 0.25) is 0 Å². The van der Waals surface area contributed by atoms with Crippen LogP contribution in [-0.2, 0) is 13.2 Å². The molecule has 1 N–H and O–H groups in total. The number of benzene rings is 3. The van der Waals surface area contributed by atoms with Crippen molar-refractivity contribution in [2.75, 3.05) is 11.9 Å². The van der Waals surface area contributed by atoms with Crippen molar-refractivity contribution in [3.05, 3.63) is 85.3 Å². The number of halogens is 4. The van der Waals surface area contributed by atoms with Gasteiger partial charge < -0.3 is 14.8 Å². The predicted molar refractivity (Wildman–Crippen MR) is 125 cm³/mol. The van der Waals surface area contributed by atoms with Crippen molar-refractivity contribution >= 4 is 56.4 Å². The molecule has 29 heavy (non-hydrogen) atoms. The molecule has 0 aliphatic carbocycles. The van der Waals surface area contributed by atoms with E-state index >= 15 is 0 Å². The highest BCUT2D eigenvalue weighted by Gasteiger charge is 2.13. The van der Waals surface area contributed by atoms with Gasteiger partial charge in [0.15, 0.2) is 11.5 Å². The topological polar surface area (TPSA) is 30.5 Å². The normalized spacial score (nSPS) is 10.7. The quantitative estimate of drug-likeness (QED) is 0.330. The second kappa shape index (κ2) is 10.4. The summed E-state index contributed by atoms with van der Waals surface area (Å²) in [6.07, 6.45) is 0. The molecule has 0 saturated heterocycles. The standard InChI is InChI=1S/C22H19BrCl3NO2/c1-2-28-21-10-15(12-27-20-11-17(25)7-8-19(20)26)9-18(23)22(21)29-13-14-3-5-16(24)6-4-14/h3-11,27H,2,12-13H2,1H3. The molecule has 0 bridgehead atoms. The lowest BCUT2D eigenvalue weighted by Gasteiger charge is -2.16. The van der Waals surface area contributed by atoms with E-state index in [-0.39, 0.29) is 0 Å². The lowest BCUT2D eigenvalue weighted by Crippen LogP contribution is -2.04. The Morgan fingerprint density at radius 2 is 1.59 bits per heavy atom. The summed E-state index contributed by atoms with van der Waals surface area (Å²) >= 11 is 21.8. The van der Waals surface area contributed by atoms with E-state index in [4.69, 9.17) is 44.3 Å². The minimum absolute atomic E-state index is 0.408. The average Bonchev–Trinajstić information content (AvgIpc) is 2.69. The van der Waals surface area contributed by atoms with Gasteiger partial charge in [0, 0.05) is 16.6 Å². The first-order valence-corrected chi connectivity index (χ1v) is 10.9. The molecule has 0 unspecified atom stereocenters. The number of ether oxygens (including phenoxy) is 2. The van der Waals surface area contributed by atoms with Crippen molar-refractivity contribution in [1.29, 1.82) is 0 Å². The highest BCUT2D eigenvalue weighted by atomic mass is 79.9. The molecule has 0 spiro atoms. The maximum atomic E-state index is 6.23. The van der Waals surface area contributed by atoms with Crippen LogP contribution < -0.4 is 14.8 Å². The third kappa shape index (κ3) is 6.19. The lowest BCUT2D eigenvalue weighted by molar-refractivity contribution is 0.267. The molecule has 3 rings (SSSR count). The smallest absolute Gasteiger partial charge is 0.175 e. The van der Waals surface area contributed by atoms with E-state index in [2.05, 4.69) is 21.2 Å². The molecule has 7 heteroatoms. The van der Waals surface area contributed by atoms with Gasteiger partial charge in [-0.3, -0.25) is 0 Å². The third-order valence-electron chi connectivity index (χ3n) is 4.08. The van der Waals surface area contributed by atoms with Crippen molar-refractivity contribution in [2.24, 2.45) is 0 Å². The van der Waals surface area contributed by atoms with E-state index in [0.29, 0.717) is 46.3 Å². The first-order chi connectivity index (χ1) is 14.0. The summed E-state index contributed by atoms with van der Waals surface area (Å²) in [6.45, 7) is 3.43. The molecule has 0 aliphatic heterocycles. The zero-order chi connectivity index (χ0) is 20.8. The zero-order valence-corrected chi connectivity index (χ0v) is 19.5. The van der Waals surface area contributed by atoms with E-state index in [0.717, 1.165) is 21.3 Å². The monoisotopic (exact) mass is 513 g/mol.